The van der Waals surface area contributed by atoms with Crippen LogP contribution in [0.25, 0.3) is 0 Å². The molecule has 1 aliphatic heterocycles. The van der Waals surface area contributed by atoms with Gasteiger partial charge in [-0.1, -0.05) is 15.9 Å². The summed E-state index contributed by atoms with van der Waals surface area (Å²) in [6.45, 7) is 1.42. The van der Waals surface area contributed by atoms with Crippen LogP contribution in [0.2, 0.25) is 0 Å². The third-order valence-electron chi connectivity index (χ3n) is 3.17. The largest absolute Gasteiger partial charge is 0.490 e. The van der Waals surface area contributed by atoms with Crippen LogP contribution in [-0.4, -0.2) is 23.8 Å². The number of ketones is 1. The first kappa shape index (κ1) is 11.1. The maximum absolute atomic E-state index is 11.9. The molecular formula is C13H13BrO3. The number of rotatable bonds is 0. The summed E-state index contributed by atoms with van der Waals surface area (Å²) in [5, 5.41) is 0. The zero-order chi connectivity index (χ0) is 11.8. The van der Waals surface area contributed by atoms with Gasteiger partial charge in [-0.3, -0.25) is 4.79 Å². The molecule has 1 unspecified atom stereocenters. The zero-order valence-electron chi connectivity index (χ0n) is 9.37. The molecule has 4 heteroatoms. The minimum Gasteiger partial charge on any atom is -0.490 e. The standard InChI is InChI=1S/C13H13BrO3/c14-10-5-8-6-11-12(7-9(8)13(10)15)17-4-2-1-3-16-11/h6-7,10H,1-5H2. The SMILES string of the molecule is O=C1c2cc3c(cc2CC1Br)OCCCCO3. The Labute approximate surface area is 108 Å². The number of carbonyl (C=O) groups excluding carboxylic acids is 1. The molecule has 1 atom stereocenters. The predicted molar refractivity (Wildman–Crippen MR) is 67.4 cm³/mol. The van der Waals surface area contributed by atoms with Gasteiger partial charge in [-0.15, -0.1) is 0 Å². The minimum absolute atomic E-state index is 0.0919. The molecule has 3 rings (SSSR count). The van der Waals surface area contributed by atoms with E-state index in [9.17, 15) is 4.79 Å². The molecule has 90 valence electrons. The first-order chi connectivity index (χ1) is 8.25. The molecule has 1 heterocycles. The first-order valence-corrected chi connectivity index (χ1v) is 6.78. The quantitative estimate of drug-likeness (QED) is 0.691. The van der Waals surface area contributed by atoms with E-state index in [1.54, 1.807) is 0 Å². The van der Waals surface area contributed by atoms with Gasteiger partial charge in [0.1, 0.15) is 0 Å². The molecule has 2 aliphatic rings. The Balaban J connectivity index is 2.03. The van der Waals surface area contributed by atoms with E-state index in [0.29, 0.717) is 12.4 Å². The molecule has 1 aromatic rings. The van der Waals surface area contributed by atoms with Crippen LogP contribution in [0.3, 0.4) is 0 Å². The van der Waals surface area contributed by atoms with Crippen molar-refractivity contribution < 1.29 is 14.3 Å². The molecule has 0 bridgehead atoms. The molecule has 0 radical (unpaired) electrons. The molecule has 1 aromatic carbocycles. The van der Waals surface area contributed by atoms with Gasteiger partial charge in [-0.05, 0) is 37.0 Å². The lowest BCUT2D eigenvalue weighted by molar-refractivity contribution is 0.100. The topological polar surface area (TPSA) is 35.5 Å². The summed E-state index contributed by atoms with van der Waals surface area (Å²) in [5.74, 6) is 1.63. The Kier molecular flexibility index (Phi) is 2.82. The summed E-state index contributed by atoms with van der Waals surface area (Å²) >= 11 is 3.39. The van der Waals surface area contributed by atoms with Crippen LogP contribution in [0.1, 0.15) is 28.8 Å². The number of halogens is 1. The number of hydrogen-bond donors (Lipinski definition) is 0. The van der Waals surface area contributed by atoms with Crippen molar-refractivity contribution in [1.82, 2.24) is 0 Å². The van der Waals surface area contributed by atoms with Crippen molar-refractivity contribution in [2.45, 2.75) is 24.1 Å². The first-order valence-electron chi connectivity index (χ1n) is 5.86. The van der Waals surface area contributed by atoms with E-state index in [4.69, 9.17) is 9.47 Å². The van der Waals surface area contributed by atoms with Crippen molar-refractivity contribution in [2.24, 2.45) is 0 Å². The highest BCUT2D eigenvalue weighted by Gasteiger charge is 2.30. The van der Waals surface area contributed by atoms with Gasteiger partial charge in [0.05, 0.1) is 18.0 Å². The monoisotopic (exact) mass is 296 g/mol. The van der Waals surface area contributed by atoms with Crippen LogP contribution in [0.5, 0.6) is 11.5 Å². The minimum atomic E-state index is -0.0919. The second-order valence-electron chi connectivity index (χ2n) is 4.40. The fourth-order valence-electron chi connectivity index (χ4n) is 2.25. The van der Waals surface area contributed by atoms with Crippen molar-refractivity contribution in [2.75, 3.05) is 13.2 Å². The number of benzene rings is 1. The van der Waals surface area contributed by atoms with Crippen LogP contribution < -0.4 is 9.47 Å². The third-order valence-corrected chi connectivity index (χ3v) is 3.91. The number of alkyl halides is 1. The van der Waals surface area contributed by atoms with E-state index in [-0.39, 0.29) is 10.6 Å². The van der Waals surface area contributed by atoms with Gasteiger partial charge < -0.3 is 9.47 Å². The lowest BCUT2D eigenvalue weighted by Crippen LogP contribution is -2.09. The fraction of sp³-hybridized carbons (Fsp3) is 0.462. The van der Waals surface area contributed by atoms with Crippen LogP contribution in [0, 0.1) is 0 Å². The van der Waals surface area contributed by atoms with Gasteiger partial charge in [-0.25, -0.2) is 0 Å². The molecule has 0 N–H and O–H groups in total. The zero-order valence-corrected chi connectivity index (χ0v) is 11.0. The Bertz CT molecular complexity index is 470. The number of Topliss-reactive ketones (excluding diaryl/α,β-unsaturated/α-hetero) is 1. The average molecular weight is 297 g/mol. The molecule has 0 saturated heterocycles. The van der Waals surface area contributed by atoms with Gasteiger partial charge >= 0.3 is 0 Å². The third kappa shape index (κ3) is 1.95. The molecule has 0 fully saturated rings. The van der Waals surface area contributed by atoms with E-state index < -0.39 is 0 Å². The van der Waals surface area contributed by atoms with E-state index in [1.165, 1.54) is 0 Å². The van der Waals surface area contributed by atoms with Crippen molar-refractivity contribution in [3.8, 4) is 11.5 Å². The van der Waals surface area contributed by atoms with E-state index in [0.717, 1.165) is 42.7 Å². The van der Waals surface area contributed by atoms with Crippen molar-refractivity contribution in [3.05, 3.63) is 23.3 Å². The molecule has 3 nitrogen and oxygen atoms in total. The smallest absolute Gasteiger partial charge is 0.177 e. The van der Waals surface area contributed by atoms with E-state index in [1.807, 2.05) is 12.1 Å². The van der Waals surface area contributed by atoms with Gasteiger partial charge in [0.15, 0.2) is 17.3 Å². The number of hydrogen-bond acceptors (Lipinski definition) is 3. The number of ether oxygens (including phenoxy) is 2. The van der Waals surface area contributed by atoms with Crippen LogP contribution >= 0.6 is 15.9 Å². The molecule has 1 aliphatic carbocycles. The molecule has 0 aromatic heterocycles. The summed E-state index contributed by atoms with van der Waals surface area (Å²) in [7, 11) is 0. The summed E-state index contributed by atoms with van der Waals surface area (Å²) in [5.41, 5.74) is 1.83. The Morgan fingerprint density at radius 2 is 1.76 bits per heavy atom. The second kappa shape index (κ2) is 4.33. The Hall–Kier alpha value is -1.03. The summed E-state index contributed by atoms with van der Waals surface area (Å²) in [4.78, 5) is 11.8. The fourth-order valence-corrected chi connectivity index (χ4v) is 2.84. The predicted octanol–water partition coefficient (Wildman–Crippen LogP) is 2.74. The Morgan fingerprint density at radius 1 is 1.12 bits per heavy atom. The van der Waals surface area contributed by atoms with Crippen LogP contribution in [0.4, 0.5) is 0 Å². The Morgan fingerprint density at radius 3 is 2.47 bits per heavy atom. The summed E-state index contributed by atoms with van der Waals surface area (Å²) < 4.78 is 11.3. The van der Waals surface area contributed by atoms with Crippen molar-refractivity contribution in [1.29, 1.82) is 0 Å². The maximum atomic E-state index is 11.9. The van der Waals surface area contributed by atoms with Gasteiger partial charge in [0.2, 0.25) is 0 Å². The van der Waals surface area contributed by atoms with Crippen LogP contribution in [0.15, 0.2) is 12.1 Å². The highest BCUT2D eigenvalue weighted by atomic mass is 79.9. The van der Waals surface area contributed by atoms with Gasteiger partial charge in [0.25, 0.3) is 0 Å². The number of fused-ring (bicyclic) bond motifs is 2. The maximum Gasteiger partial charge on any atom is 0.177 e. The molecule has 0 saturated carbocycles. The van der Waals surface area contributed by atoms with Crippen molar-refractivity contribution >= 4 is 21.7 Å². The van der Waals surface area contributed by atoms with Crippen LogP contribution in [-0.2, 0) is 6.42 Å². The van der Waals surface area contributed by atoms with Crippen molar-refractivity contribution in [3.63, 3.8) is 0 Å². The highest BCUT2D eigenvalue weighted by molar-refractivity contribution is 9.10. The number of carbonyl (C=O) groups is 1. The highest BCUT2D eigenvalue weighted by Crippen LogP contribution is 2.37. The molecular weight excluding hydrogens is 284 g/mol. The van der Waals surface area contributed by atoms with E-state index >= 15 is 0 Å². The van der Waals surface area contributed by atoms with E-state index in [2.05, 4.69) is 15.9 Å². The molecule has 0 amide bonds. The molecule has 17 heavy (non-hydrogen) atoms. The molecule has 0 spiro atoms. The summed E-state index contributed by atoms with van der Waals surface area (Å²) in [6, 6.07) is 3.79. The normalized spacial score (nSPS) is 22.9. The lowest BCUT2D eigenvalue weighted by Gasteiger charge is -2.17. The lowest BCUT2D eigenvalue weighted by atomic mass is 10.1. The second-order valence-corrected chi connectivity index (χ2v) is 5.50. The summed E-state index contributed by atoms with van der Waals surface area (Å²) in [6.07, 6.45) is 2.74. The van der Waals surface area contributed by atoms with Gasteiger partial charge in [-0.2, -0.15) is 0 Å². The average Bonchev–Trinajstić information content (AvgIpc) is 2.55. The van der Waals surface area contributed by atoms with Gasteiger partial charge in [0, 0.05) is 5.56 Å².